The van der Waals surface area contributed by atoms with Crippen LogP contribution in [0, 0.1) is 11.8 Å². The van der Waals surface area contributed by atoms with Crippen molar-refractivity contribution in [3.05, 3.63) is 53.9 Å². The van der Waals surface area contributed by atoms with Crippen molar-refractivity contribution in [2.45, 2.75) is 51.8 Å². The van der Waals surface area contributed by atoms with Crippen LogP contribution in [0.4, 0.5) is 5.69 Å². The summed E-state index contributed by atoms with van der Waals surface area (Å²) in [6, 6.07) is 9.50. The molecule has 0 saturated heterocycles. The summed E-state index contributed by atoms with van der Waals surface area (Å²) >= 11 is 0. The number of carbonyl (C=O) groups excluding carboxylic acids is 2. The maximum Gasteiger partial charge on any atom is 0.257 e. The van der Waals surface area contributed by atoms with Gasteiger partial charge in [-0.05, 0) is 61.6 Å². The van der Waals surface area contributed by atoms with Crippen LogP contribution in [-0.2, 0) is 16.1 Å². The number of hydrogen-bond donors (Lipinski definition) is 1. The van der Waals surface area contributed by atoms with Crippen molar-refractivity contribution in [2.24, 2.45) is 11.8 Å². The SMILES string of the molecule is CO[C@@H]1CN(C)C(=O)c2cc(NC(=O)C3CCC3)ccc2OC[C@H](C)N(Cc2ccncc2)C[C@@H]1C. The summed E-state index contributed by atoms with van der Waals surface area (Å²) < 4.78 is 12.1. The number of carbonyl (C=O) groups is 2. The minimum Gasteiger partial charge on any atom is -0.491 e. The van der Waals surface area contributed by atoms with Crippen molar-refractivity contribution in [3.63, 3.8) is 0 Å². The Kier molecular flexibility index (Phi) is 8.59. The molecule has 36 heavy (non-hydrogen) atoms. The fourth-order valence-electron chi connectivity index (χ4n) is 4.79. The van der Waals surface area contributed by atoms with Crippen LogP contribution in [0.5, 0.6) is 5.75 Å². The minimum absolute atomic E-state index is 0.0183. The first-order chi connectivity index (χ1) is 17.4. The van der Waals surface area contributed by atoms with Crippen LogP contribution in [0.15, 0.2) is 42.7 Å². The molecule has 2 amide bonds. The van der Waals surface area contributed by atoms with Crippen LogP contribution < -0.4 is 10.1 Å². The summed E-state index contributed by atoms with van der Waals surface area (Å²) in [6.07, 6.45) is 6.43. The zero-order chi connectivity index (χ0) is 25.7. The molecule has 1 aromatic heterocycles. The number of benzene rings is 1. The monoisotopic (exact) mass is 494 g/mol. The fraction of sp³-hybridized carbons (Fsp3) is 0.536. The highest BCUT2D eigenvalue weighted by Crippen LogP contribution is 2.30. The molecule has 4 rings (SSSR count). The largest absolute Gasteiger partial charge is 0.491 e. The van der Waals surface area contributed by atoms with E-state index in [1.807, 2.05) is 30.6 Å². The van der Waals surface area contributed by atoms with Gasteiger partial charge in [-0.2, -0.15) is 0 Å². The van der Waals surface area contributed by atoms with Crippen molar-refractivity contribution in [2.75, 3.05) is 39.2 Å². The number of anilines is 1. The summed E-state index contributed by atoms with van der Waals surface area (Å²) in [5, 5.41) is 2.98. The predicted octanol–water partition coefficient (Wildman–Crippen LogP) is 3.83. The van der Waals surface area contributed by atoms with E-state index in [1.165, 1.54) is 5.56 Å². The van der Waals surface area contributed by atoms with Crippen molar-refractivity contribution < 1.29 is 19.1 Å². The summed E-state index contributed by atoms with van der Waals surface area (Å²) in [7, 11) is 3.49. The first-order valence-electron chi connectivity index (χ1n) is 12.8. The van der Waals surface area contributed by atoms with Gasteiger partial charge in [0.05, 0.1) is 11.7 Å². The van der Waals surface area contributed by atoms with Crippen molar-refractivity contribution in [3.8, 4) is 5.75 Å². The average molecular weight is 495 g/mol. The molecule has 194 valence electrons. The van der Waals surface area contributed by atoms with E-state index in [-0.39, 0.29) is 35.8 Å². The van der Waals surface area contributed by atoms with Crippen LogP contribution in [-0.4, -0.2) is 72.6 Å². The van der Waals surface area contributed by atoms with Gasteiger partial charge in [0, 0.05) is 63.8 Å². The molecule has 2 aromatic rings. The van der Waals surface area contributed by atoms with Gasteiger partial charge < -0.3 is 19.7 Å². The average Bonchev–Trinajstić information content (AvgIpc) is 2.84. The second-order valence-electron chi connectivity index (χ2n) is 10.2. The number of nitrogens with zero attached hydrogens (tertiary/aromatic N) is 3. The summed E-state index contributed by atoms with van der Waals surface area (Å²) in [5.41, 5.74) is 2.25. The van der Waals surface area contributed by atoms with E-state index in [2.05, 4.69) is 29.0 Å². The number of aromatic nitrogens is 1. The Bertz CT molecular complexity index is 1040. The molecule has 0 spiro atoms. The molecule has 2 heterocycles. The molecule has 0 bridgehead atoms. The van der Waals surface area contributed by atoms with Gasteiger partial charge >= 0.3 is 0 Å². The standard InChI is InChI=1S/C28H38N4O4/c1-19-15-32(16-21-10-12-29-13-11-21)20(2)18-36-25-9-8-23(30-27(33)22-6-5-7-22)14-24(25)28(34)31(3)17-26(19)35-4/h8-14,19-20,22,26H,5-7,15-18H2,1-4H3,(H,30,33)/t19-,20-,26+/m0/s1. The number of ether oxygens (including phenoxy) is 2. The van der Waals surface area contributed by atoms with Gasteiger partial charge in [0.25, 0.3) is 5.91 Å². The van der Waals surface area contributed by atoms with E-state index < -0.39 is 0 Å². The maximum atomic E-state index is 13.5. The van der Waals surface area contributed by atoms with Crippen molar-refractivity contribution in [1.29, 1.82) is 0 Å². The van der Waals surface area contributed by atoms with Crippen molar-refractivity contribution >= 4 is 17.5 Å². The van der Waals surface area contributed by atoms with Gasteiger partial charge in [-0.15, -0.1) is 0 Å². The lowest BCUT2D eigenvalue weighted by molar-refractivity contribution is -0.122. The van der Waals surface area contributed by atoms with Crippen LogP contribution in [0.1, 0.15) is 49.0 Å². The number of rotatable bonds is 5. The Morgan fingerprint density at radius 2 is 1.92 bits per heavy atom. The third-order valence-corrected chi connectivity index (χ3v) is 7.45. The third kappa shape index (κ3) is 6.23. The van der Waals surface area contributed by atoms with E-state index >= 15 is 0 Å². The zero-order valence-electron chi connectivity index (χ0n) is 21.8. The topological polar surface area (TPSA) is 84.0 Å². The lowest BCUT2D eigenvalue weighted by Gasteiger charge is -2.36. The van der Waals surface area contributed by atoms with Crippen LogP contribution in [0.3, 0.4) is 0 Å². The minimum atomic E-state index is -0.152. The molecule has 8 nitrogen and oxygen atoms in total. The van der Waals surface area contributed by atoms with E-state index in [9.17, 15) is 9.59 Å². The smallest absolute Gasteiger partial charge is 0.257 e. The molecule has 3 atom stereocenters. The molecule has 0 unspecified atom stereocenters. The van der Waals surface area contributed by atoms with Crippen molar-refractivity contribution in [1.82, 2.24) is 14.8 Å². The lowest BCUT2D eigenvalue weighted by Crippen LogP contribution is -2.46. The molecule has 1 N–H and O–H groups in total. The van der Waals surface area contributed by atoms with Gasteiger partial charge in [-0.1, -0.05) is 13.3 Å². The normalized spacial score (nSPS) is 24.1. The quantitative estimate of drug-likeness (QED) is 0.680. The highest BCUT2D eigenvalue weighted by atomic mass is 16.5. The predicted molar refractivity (Wildman–Crippen MR) is 139 cm³/mol. The van der Waals surface area contributed by atoms with Gasteiger partial charge in [-0.25, -0.2) is 0 Å². The summed E-state index contributed by atoms with van der Waals surface area (Å²) in [4.78, 5) is 34.2. The van der Waals surface area contributed by atoms with Crippen LogP contribution in [0.2, 0.25) is 0 Å². The first kappa shape index (κ1) is 26.1. The second kappa shape index (κ2) is 11.8. The molecule has 1 fully saturated rings. The number of methoxy groups -OCH3 is 1. The molecule has 1 aliphatic carbocycles. The highest BCUT2D eigenvalue weighted by molar-refractivity contribution is 6.00. The van der Waals surface area contributed by atoms with E-state index in [0.29, 0.717) is 30.2 Å². The number of pyridine rings is 1. The van der Waals surface area contributed by atoms with Gasteiger partial charge in [0.15, 0.2) is 0 Å². The number of nitrogens with one attached hydrogen (secondary N) is 1. The molecule has 1 aliphatic heterocycles. The molecule has 1 aromatic carbocycles. The molecule has 0 radical (unpaired) electrons. The number of hydrogen-bond acceptors (Lipinski definition) is 6. The molecular weight excluding hydrogens is 456 g/mol. The van der Waals surface area contributed by atoms with Gasteiger partial charge in [-0.3, -0.25) is 19.5 Å². The number of likely N-dealkylation sites (N-methyl/N-ethyl adjacent to an activating group) is 1. The third-order valence-electron chi connectivity index (χ3n) is 7.45. The van der Waals surface area contributed by atoms with E-state index in [1.54, 1.807) is 31.2 Å². The summed E-state index contributed by atoms with van der Waals surface area (Å²) in [6.45, 7) is 6.74. The summed E-state index contributed by atoms with van der Waals surface area (Å²) in [5.74, 6) is 0.635. The first-order valence-corrected chi connectivity index (χ1v) is 12.8. The maximum absolute atomic E-state index is 13.5. The molecule has 1 saturated carbocycles. The lowest BCUT2D eigenvalue weighted by atomic mass is 9.85. The van der Waals surface area contributed by atoms with Gasteiger partial charge in [0.2, 0.25) is 5.91 Å². The Morgan fingerprint density at radius 1 is 1.17 bits per heavy atom. The molecule has 2 aliphatic rings. The fourth-order valence-corrected chi connectivity index (χ4v) is 4.79. The molecule has 8 heteroatoms. The number of amides is 2. The van der Waals surface area contributed by atoms with E-state index in [4.69, 9.17) is 9.47 Å². The Labute approximate surface area is 214 Å². The Balaban J connectivity index is 1.60. The van der Waals surface area contributed by atoms with Gasteiger partial charge in [0.1, 0.15) is 12.4 Å². The highest BCUT2D eigenvalue weighted by Gasteiger charge is 2.29. The Hall–Kier alpha value is -2.97. The van der Waals surface area contributed by atoms with Crippen LogP contribution >= 0.6 is 0 Å². The zero-order valence-corrected chi connectivity index (χ0v) is 21.8. The van der Waals surface area contributed by atoms with E-state index in [0.717, 1.165) is 32.4 Å². The Morgan fingerprint density at radius 3 is 2.58 bits per heavy atom. The number of fused-ring (bicyclic) bond motifs is 1. The molecular formula is C28H38N4O4. The second-order valence-corrected chi connectivity index (χ2v) is 10.2. The van der Waals surface area contributed by atoms with Crippen LogP contribution in [0.25, 0.3) is 0 Å².